The Hall–Kier alpha value is -2.40. The lowest BCUT2D eigenvalue weighted by atomic mass is 9.98. The van der Waals surface area contributed by atoms with E-state index in [0.29, 0.717) is 5.92 Å². The first kappa shape index (κ1) is 17.0. The number of hydrogen-bond acceptors (Lipinski definition) is 2. The molecule has 0 aliphatic carbocycles. The van der Waals surface area contributed by atoms with Gasteiger partial charge in [-0.3, -0.25) is 14.1 Å². The predicted octanol–water partition coefficient (Wildman–Crippen LogP) is 5.15. The van der Waals surface area contributed by atoms with Gasteiger partial charge in [-0.15, -0.1) is 0 Å². The van der Waals surface area contributed by atoms with Crippen molar-refractivity contribution in [3.8, 4) is 5.69 Å². The molecule has 26 heavy (non-hydrogen) atoms. The van der Waals surface area contributed by atoms with E-state index in [-0.39, 0.29) is 5.69 Å². The molecule has 4 nitrogen and oxygen atoms in total. The smallest absolute Gasteiger partial charge is 0.293 e. The lowest BCUT2D eigenvalue weighted by Crippen LogP contribution is -2.20. The summed E-state index contributed by atoms with van der Waals surface area (Å²) >= 11 is 3.54. The van der Waals surface area contributed by atoms with Crippen LogP contribution in [0.2, 0.25) is 0 Å². The van der Waals surface area contributed by atoms with E-state index < -0.39 is 0 Å². The van der Waals surface area contributed by atoms with Crippen LogP contribution in [0.4, 0.5) is 0 Å². The van der Waals surface area contributed by atoms with E-state index in [4.69, 9.17) is 0 Å². The maximum atomic E-state index is 13.0. The van der Waals surface area contributed by atoms with Crippen molar-refractivity contribution in [2.24, 2.45) is 7.05 Å². The topological polar surface area (TPSA) is 39.8 Å². The summed E-state index contributed by atoms with van der Waals surface area (Å²) in [6.45, 7) is 4.40. The normalized spacial score (nSPS) is 12.8. The van der Waals surface area contributed by atoms with Crippen molar-refractivity contribution in [2.45, 2.75) is 26.2 Å². The number of aromatic nitrogens is 3. The lowest BCUT2D eigenvalue weighted by molar-refractivity contribution is 0.733. The van der Waals surface area contributed by atoms with Gasteiger partial charge in [-0.25, -0.2) is 4.79 Å². The summed E-state index contributed by atoms with van der Waals surface area (Å²) in [7, 11) is 1.79. The minimum Gasteiger partial charge on any atom is -0.293 e. The van der Waals surface area contributed by atoms with Crippen molar-refractivity contribution in [1.29, 1.82) is 0 Å². The first-order chi connectivity index (χ1) is 12.5. The third-order valence-corrected chi connectivity index (χ3v) is 5.67. The summed E-state index contributed by atoms with van der Waals surface area (Å²) in [6.07, 6.45) is 2.87. The average Bonchev–Trinajstić information content (AvgIpc) is 2.92. The van der Waals surface area contributed by atoms with E-state index >= 15 is 0 Å². The lowest BCUT2D eigenvalue weighted by Gasteiger charge is -2.11. The van der Waals surface area contributed by atoms with Crippen LogP contribution in [-0.4, -0.2) is 14.1 Å². The molecule has 132 valence electrons. The number of nitrogens with zero attached hydrogens (tertiary/aromatic N) is 3. The zero-order chi connectivity index (χ0) is 18.4. The molecular weight excluding hydrogens is 390 g/mol. The van der Waals surface area contributed by atoms with Crippen LogP contribution >= 0.6 is 15.9 Å². The first-order valence-electron chi connectivity index (χ1n) is 8.77. The Kier molecular flexibility index (Phi) is 4.19. The molecule has 0 spiro atoms. The van der Waals surface area contributed by atoms with Crippen LogP contribution in [0.3, 0.4) is 0 Å². The van der Waals surface area contributed by atoms with Gasteiger partial charge >= 0.3 is 5.69 Å². The molecule has 4 aromatic rings. The summed E-state index contributed by atoms with van der Waals surface area (Å²) in [5.74, 6) is 0.509. The second-order valence-electron chi connectivity index (χ2n) is 6.73. The zero-order valence-corrected chi connectivity index (χ0v) is 16.6. The van der Waals surface area contributed by atoms with Crippen LogP contribution in [0.25, 0.3) is 27.6 Å². The molecule has 0 bridgehead atoms. The number of hydrogen-bond donors (Lipinski definition) is 0. The number of aryl methyl sites for hydroxylation is 1. The van der Waals surface area contributed by atoms with Crippen molar-refractivity contribution < 1.29 is 0 Å². The van der Waals surface area contributed by atoms with Crippen LogP contribution in [0.1, 0.15) is 31.7 Å². The summed E-state index contributed by atoms with van der Waals surface area (Å²) < 4.78 is 4.41. The van der Waals surface area contributed by atoms with Gasteiger partial charge in [0.1, 0.15) is 0 Å². The summed E-state index contributed by atoms with van der Waals surface area (Å²) in [5, 5.41) is 0.959. The molecule has 2 aromatic heterocycles. The maximum Gasteiger partial charge on any atom is 0.333 e. The fraction of sp³-hybridized carbons (Fsp3) is 0.238. The van der Waals surface area contributed by atoms with Gasteiger partial charge in [0.2, 0.25) is 0 Å². The van der Waals surface area contributed by atoms with Crippen molar-refractivity contribution in [3.63, 3.8) is 0 Å². The molecule has 0 amide bonds. The monoisotopic (exact) mass is 409 g/mol. The van der Waals surface area contributed by atoms with Crippen LogP contribution in [0.5, 0.6) is 0 Å². The van der Waals surface area contributed by atoms with E-state index in [9.17, 15) is 4.79 Å². The standard InChI is InChI=1S/C21H20BrN3O/c1-4-13(2)14-5-8-16(9-6-14)25-20-17-11-15(22)7-10-18(17)23-12-19(20)24(3)21(25)26/h5-13H,4H2,1-3H3. The quantitative estimate of drug-likeness (QED) is 0.469. The van der Waals surface area contributed by atoms with Gasteiger partial charge in [-0.2, -0.15) is 0 Å². The molecule has 0 aliphatic heterocycles. The summed E-state index contributed by atoms with van der Waals surface area (Å²) in [6, 6.07) is 14.3. The van der Waals surface area contributed by atoms with Crippen molar-refractivity contribution >= 4 is 37.9 Å². The van der Waals surface area contributed by atoms with Gasteiger partial charge < -0.3 is 0 Å². The Bertz CT molecular complexity index is 1170. The molecule has 0 saturated carbocycles. The van der Waals surface area contributed by atoms with Crippen LogP contribution in [-0.2, 0) is 7.05 Å². The van der Waals surface area contributed by atoms with Crippen molar-refractivity contribution in [2.75, 3.05) is 0 Å². The molecule has 0 N–H and O–H groups in total. The van der Waals surface area contributed by atoms with E-state index in [1.165, 1.54) is 5.56 Å². The molecule has 2 aromatic carbocycles. The zero-order valence-electron chi connectivity index (χ0n) is 15.0. The largest absolute Gasteiger partial charge is 0.333 e. The number of benzene rings is 2. The van der Waals surface area contributed by atoms with Crippen LogP contribution in [0.15, 0.2) is 57.9 Å². The third-order valence-electron chi connectivity index (χ3n) is 5.18. The SMILES string of the molecule is CCC(C)c1ccc(-n2c(=O)n(C)c3cnc4ccc(Br)cc4c32)cc1. The number of rotatable bonds is 3. The highest BCUT2D eigenvalue weighted by molar-refractivity contribution is 9.10. The van der Waals surface area contributed by atoms with Gasteiger partial charge in [-0.05, 0) is 48.2 Å². The molecule has 0 fully saturated rings. The fourth-order valence-corrected chi connectivity index (χ4v) is 3.76. The van der Waals surface area contributed by atoms with Crippen LogP contribution < -0.4 is 5.69 Å². The summed E-state index contributed by atoms with van der Waals surface area (Å²) in [4.78, 5) is 17.5. The van der Waals surface area contributed by atoms with E-state index in [1.54, 1.807) is 22.4 Å². The van der Waals surface area contributed by atoms with Gasteiger partial charge in [0.15, 0.2) is 0 Å². The first-order valence-corrected chi connectivity index (χ1v) is 9.56. The minimum atomic E-state index is -0.0643. The van der Waals surface area contributed by atoms with E-state index in [2.05, 4.69) is 46.9 Å². The molecule has 1 unspecified atom stereocenters. The highest BCUT2D eigenvalue weighted by Gasteiger charge is 2.16. The van der Waals surface area contributed by atoms with Gasteiger partial charge in [0.25, 0.3) is 0 Å². The Morgan fingerprint density at radius 3 is 2.58 bits per heavy atom. The van der Waals surface area contributed by atoms with Gasteiger partial charge in [0.05, 0.1) is 28.4 Å². The molecular formula is C21H20BrN3O. The Labute approximate surface area is 160 Å². The highest BCUT2D eigenvalue weighted by atomic mass is 79.9. The Morgan fingerprint density at radius 2 is 1.88 bits per heavy atom. The second kappa shape index (κ2) is 6.40. The fourth-order valence-electron chi connectivity index (χ4n) is 3.40. The van der Waals surface area contributed by atoms with Gasteiger partial charge in [-0.1, -0.05) is 41.9 Å². The molecule has 2 heterocycles. The van der Waals surface area contributed by atoms with Crippen LogP contribution in [0, 0.1) is 0 Å². The molecule has 4 rings (SSSR count). The van der Waals surface area contributed by atoms with E-state index in [1.807, 2.05) is 30.3 Å². The number of halogens is 1. The molecule has 0 saturated heterocycles. The van der Waals surface area contributed by atoms with Gasteiger partial charge in [0, 0.05) is 16.9 Å². The summed E-state index contributed by atoms with van der Waals surface area (Å²) in [5.41, 5.74) is 4.69. The van der Waals surface area contributed by atoms with Crippen molar-refractivity contribution in [1.82, 2.24) is 14.1 Å². The van der Waals surface area contributed by atoms with E-state index in [0.717, 1.165) is 38.5 Å². The minimum absolute atomic E-state index is 0.0643. The predicted molar refractivity (Wildman–Crippen MR) is 110 cm³/mol. The molecule has 0 aliphatic rings. The molecule has 0 radical (unpaired) electrons. The number of pyridine rings is 1. The number of fused-ring (bicyclic) bond motifs is 3. The maximum absolute atomic E-state index is 13.0. The third kappa shape index (κ3) is 2.58. The molecule has 1 atom stereocenters. The number of imidazole rings is 1. The Balaban J connectivity index is 2.04. The molecule has 5 heteroatoms. The average molecular weight is 410 g/mol. The van der Waals surface area contributed by atoms with Crippen molar-refractivity contribution in [3.05, 3.63) is 69.2 Å². The highest BCUT2D eigenvalue weighted by Crippen LogP contribution is 2.28. The Morgan fingerprint density at radius 1 is 1.15 bits per heavy atom. The second-order valence-corrected chi connectivity index (χ2v) is 7.65.